The SMILES string of the molecule is CC1(Cn2nnnc2-c2ccc(N)c(Cl)c2)CCC1. The Kier molecular flexibility index (Phi) is 2.93. The molecule has 19 heavy (non-hydrogen) atoms. The minimum atomic E-state index is 0.321. The van der Waals surface area contributed by atoms with E-state index in [0.29, 0.717) is 16.1 Å². The number of aromatic nitrogens is 4. The summed E-state index contributed by atoms with van der Waals surface area (Å²) in [6.45, 7) is 3.12. The molecule has 2 aromatic rings. The van der Waals surface area contributed by atoms with Gasteiger partial charge in [-0.1, -0.05) is 24.9 Å². The summed E-state index contributed by atoms with van der Waals surface area (Å²) in [5, 5.41) is 12.5. The molecule has 3 rings (SSSR count). The van der Waals surface area contributed by atoms with Crippen LogP contribution in [0.5, 0.6) is 0 Å². The number of hydrogen-bond acceptors (Lipinski definition) is 4. The van der Waals surface area contributed by atoms with Crippen LogP contribution in [0.3, 0.4) is 0 Å². The van der Waals surface area contributed by atoms with E-state index in [1.54, 1.807) is 6.07 Å². The minimum absolute atomic E-state index is 0.321. The maximum atomic E-state index is 6.05. The van der Waals surface area contributed by atoms with E-state index in [-0.39, 0.29) is 0 Å². The lowest BCUT2D eigenvalue weighted by Gasteiger charge is -2.38. The van der Waals surface area contributed by atoms with Gasteiger partial charge in [0.15, 0.2) is 5.82 Å². The molecular formula is C13H16ClN5. The second-order valence-corrected chi connectivity index (χ2v) is 5.97. The van der Waals surface area contributed by atoms with Gasteiger partial charge in [-0.25, -0.2) is 4.68 Å². The van der Waals surface area contributed by atoms with Gasteiger partial charge in [-0.05, 0) is 46.9 Å². The molecule has 0 unspecified atom stereocenters. The highest BCUT2D eigenvalue weighted by atomic mass is 35.5. The van der Waals surface area contributed by atoms with E-state index < -0.39 is 0 Å². The number of anilines is 1. The molecule has 5 nitrogen and oxygen atoms in total. The number of nitrogen functional groups attached to an aromatic ring is 1. The fraction of sp³-hybridized carbons (Fsp3) is 0.462. The number of rotatable bonds is 3. The quantitative estimate of drug-likeness (QED) is 0.876. The van der Waals surface area contributed by atoms with Crippen molar-refractivity contribution < 1.29 is 0 Å². The molecule has 0 spiro atoms. The van der Waals surface area contributed by atoms with Gasteiger partial charge >= 0.3 is 0 Å². The Morgan fingerprint density at radius 3 is 2.84 bits per heavy atom. The molecule has 1 aliphatic rings. The zero-order valence-electron chi connectivity index (χ0n) is 10.8. The summed E-state index contributed by atoms with van der Waals surface area (Å²) in [5.74, 6) is 0.745. The third-order valence-corrected chi connectivity index (χ3v) is 4.21. The van der Waals surface area contributed by atoms with Crippen LogP contribution in [0, 0.1) is 5.41 Å². The predicted octanol–water partition coefficient (Wildman–Crippen LogP) is 2.77. The monoisotopic (exact) mass is 277 g/mol. The summed E-state index contributed by atoms with van der Waals surface area (Å²) in [4.78, 5) is 0. The van der Waals surface area contributed by atoms with Crippen molar-refractivity contribution >= 4 is 17.3 Å². The molecule has 2 N–H and O–H groups in total. The lowest BCUT2D eigenvalue weighted by Crippen LogP contribution is -2.31. The summed E-state index contributed by atoms with van der Waals surface area (Å²) in [5.41, 5.74) is 7.50. The Hall–Kier alpha value is -1.62. The molecule has 1 fully saturated rings. The summed E-state index contributed by atoms with van der Waals surface area (Å²) in [6.07, 6.45) is 3.76. The van der Waals surface area contributed by atoms with Crippen LogP contribution in [0.15, 0.2) is 18.2 Å². The molecule has 0 bridgehead atoms. The number of benzene rings is 1. The largest absolute Gasteiger partial charge is 0.398 e. The third-order valence-electron chi connectivity index (χ3n) is 3.88. The molecule has 1 heterocycles. The topological polar surface area (TPSA) is 69.6 Å². The van der Waals surface area contributed by atoms with Crippen molar-refractivity contribution in [1.29, 1.82) is 0 Å². The highest BCUT2D eigenvalue weighted by Gasteiger charge is 2.33. The smallest absolute Gasteiger partial charge is 0.182 e. The molecule has 0 radical (unpaired) electrons. The van der Waals surface area contributed by atoms with Crippen LogP contribution in [0.25, 0.3) is 11.4 Å². The molecule has 100 valence electrons. The van der Waals surface area contributed by atoms with Crippen LogP contribution < -0.4 is 5.73 Å². The Morgan fingerprint density at radius 1 is 1.42 bits per heavy atom. The maximum absolute atomic E-state index is 6.05. The number of halogens is 1. The van der Waals surface area contributed by atoms with E-state index in [9.17, 15) is 0 Å². The van der Waals surface area contributed by atoms with Gasteiger partial charge in [-0.3, -0.25) is 0 Å². The summed E-state index contributed by atoms with van der Waals surface area (Å²) >= 11 is 6.05. The average Bonchev–Trinajstić information content (AvgIpc) is 2.79. The normalized spacial score (nSPS) is 17.2. The van der Waals surface area contributed by atoms with Gasteiger partial charge in [0.1, 0.15) is 0 Å². The molecule has 0 amide bonds. The fourth-order valence-electron chi connectivity index (χ4n) is 2.48. The van der Waals surface area contributed by atoms with E-state index in [0.717, 1.165) is 17.9 Å². The number of nitrogens with zero attached hydrogens (tertiary/aromatic N) is 4. The number of tetrazole rings is 1. The van der Waals surface area contributed by atoms with E-state index in [4.69, 9.17) is 17.3 Å². The molecule has 1 aliphatic carbocycles. The van der Waals surface area contributed by atoms with Gasteiger partial charge in [-0.15, -0.1) is 5.10 Å². The molecule has 1 aromatic carbocycles. The number of hydrogen-bond donors (Lipinski definition) is 1. The van der Waals surface area contributed by atoms with Crippen LogP contribution in [0.2, 0.25) is 5.02 Å². The molecule has 6 heteroatoms. The van der Waals surface area contributed by atoms with Gasteiger partial charge in [0.05, 0.1) is 17.3 Å². The molecule has 1 aromatic heterocycles. The molecular weight excluding hydrogens is 262 g/mol. The Bertz CT molecular complexity index is 603. The standard InChI is InChI=1S/C13H16ClN5/c1-13(5-2-6-13)8-19-12(16-17-18-19)9-3-4-11(15)10(14)7-9/h3-4,7H,2,5-6,8,15H2,1H3. The summed E-state index contributed by atoms with van der Waals surface area (Å²) < 4.78 is 1.86. The van der Waals surface area contributed by atoms with Crippen molar-refractivity contribution in [3.8, 4) is 11.4 Å². The Balaban J connectivity index is 1.92. The average molecular weight is 278 g/mol. The van der Waals surface area contributed by atoms with E-state index in [1.165, 1.54) is 19.3 Å². The first-order valence-electron chi connectivity index (χ1n) is 6.39. The maximum Gasteiger partial charge on any atom is 0.182 e. The van der Waals surface area contributed by atoms with E-state index >= 15 is 0 Å². The van der Waals surface area contributed by atoms with E-state index in [2.05, 4.69) is 22.4 Å². The number of nitrogens with two attached hydrogens (primary N) is 1. The van der Waals surface area contributed by atoms with Crippen LogP contribution >= 0.6 is 11.6 Å². The van der Waals surface area contributed by atoms with Gasteiger partial charge < -0.3 is 5.73 Å². The fourth-order valence-corrected chi connectivity index (χ4v) is 2.66. The van der Waals surface area contributed by atoms with Crippen molar-refractivity contribution in [2.75, 3.05) is 5.73 Å². The highest BCUT2D eigenvalue weighted by Crippen LogP contribution is 2.42. The van der Waals surface area contributed by atoms with Crippen LogP contribution in [-0.2, 0) is 6.54 Å². The van der Waals surface area contributed by atoms with Crippen molar-refractivity contribution in [1.82, 2.24) is 20.2 Å². The molecule has 1 saturated carbocycles. The second-order valence-electron chi connectivity index (χ2n) is 5.56. The van der Waals surface area contributed by atoms with Crippen molar-refractivity contribution in [2.45, 2.75) is 32.7 Å². The predicted molar refractivity (Wildman–Crippen MR) is 74.6 cm³/mol. The van der Waals surface area contributed by atoms with Gasteiger partial charge in [0.25, 0.3) is 0 Å². The van der Waals surface area contributed by atoms with Gasteiger partial charge in [-0.2, -0.15) is 0 Å². The first-order chi connectivity index (χ1) is 9.07. The van der Waals surface area contributed by atoms with Crippen molar-refractivity contribution in [3.63, 3.8) is 0 Å². The Labute approximate surface area is 116 Å². The third kappa shape index (κ3) is 2.30. The second kappa shape index (κ2) is 4.49. The van der Waals surface area contributed by atoms with E-state index in [1.807, 2.05) is 16.8 Å². The van der Waals surface area contributed by atoms with Gasteiger partial charge in [0.2, 0.25) is 0 Å². The zero-order valence-corrected chi connectivity index (χ0v) is 11.6. The van der Waals surface area contributed by atoms with Crippen LogP contribution in [-0.4, -0.2) is 20.2 Å². The molecule has 0 saturated heterocycles. The van der Waals surface area contributed by atoms with Gasteiger partial charge in [0, 0.05) is 5.56 Å². The first-order valence-corrected chi connectivity index (χ1v) is 6.77. The highest BCUT2D eigenvalue weighted by molar-refractivity contribution is 6.33. The lowest BCUT2D eigenvalue weighted by molar-refractivity contribution is 0.126. The molecule has 0 aliphatic heterocycles. The van der Waals surface area contributed by atoms with Crippen molar-refractivity contribution in [3.05, 3.63) is 23.2 Å². The zero-order chi connectivity index (χ0) is 13.5. The first kappa shape index (κ1) is 12.4. The minimum Gasteiger partial charge on any atom is -0.398 e. The lowest BCUT2D eigenvalue weighted by atomic mass is 9.70. The van der Waals surface area contributed by atoms with Crippen molar-refractivity contribution in [2.24, 2.45) is 5.41 Å². The van der Waals surface area contributed by atoms with Crippen LogP contribution in [0.1, 0.15) is 26.2 Å². The molecule has 0 atom stereocenters. The summed E-state index contributed by atoms with van der Waals surface area (Å²) in [7, 11) is 0. The summed E-state index contributed by atoms with van der Waals surface area (Å²) in [6, 6.07) is 5.48. The van der Waals surface area contributed by atoms with Crippen LogP contribution in [0.4, 0.5) is 5.69 Å². The Morgan fingerprint density at radius 2 is 2.21 bits per heavy atom.